The molecule has 1 aromatic rings. The predicted molar refractivity (Wildman–Crippen MR) is 73.0 cm³/mol. The third-order valence-electron chi connectivity index (χ3n) is 2.55. The first kappa shape index (κ1) is 14.2. The largest absolute Gasteiger partial charge is 0.352 e. The number of benzene rings is 1. The molecular weight excluding hydrogens is 226 g/mol. The molecule has 0 fully saturated rings. The lowest BCUT2D eigenvalue weighted by atomic mass is 10.1. The van der Waals surface area contributed by atoms with Crippen LogP contribution in [0.2, 0.25) is 0 Å². The Morgan fingerprint density at radius 1 is 1.22 bits per heavy atom. The van der Waals surface area contributed by atoms with Crippen molar-refractivity contribution in [2.24, 2.45) is 0 Å². The van der Waals surface area contributed by atoms with Crippen molar-refractivity contribution in [2.45, 2.75) is 26.7 Å². The third-order valence-corrected chi connectivity index (χ3v) is 2.55. The number of nitrogens with one attached hydrogen (secondary N) is 1. The van der Waals surface area contributed by atoms with Gasteiger partial charge in [-0.3, -0.25) is 9.59 Å². The normalized spacial score (nSPS) is 11.1. The first-order valence-corrected chi connectivity index (χ1v) is 6.21. The van der Waals surface area contributed by atoms with E-state index in [4.69, 9.17) is 0 Å². The Labute approximate surface area is 108 Å². The molecule has 1 N–H and O–H groups in total. The van der Waals surface area contributed by atoms with Crippen LogP contribution >= 0.6 is 0 Å². The molecule has 1 aromatic carbocycles. The van der Waals surface area contributed by atoms with Crippen molar-refractivity contribution >= 4 is 17.8 Å². The molecule has 0 aromatic heterocycles. The van der Waals surface area contributed by atoms with Gasteiger partial charge in [0.25, 0.3) is 5.91 Å². The summed E-state index contributed by atoms with van der Waals surface area (Å²) in [7, 11) is 0. The molecule has 0 saturated heterocycles. The lowest BCUT2D eigenvalue weighted by Gasteiger charge is -2.06. The molecule has 0 radical (unpaired) electrons. The molecule has 3 nitrogen and oxygen atoms in total. The Morgan fingerprint density at radius 3 is 2.44 bits per heavy atom. The summed E-state index contributed by atoms with van der Waals surface area (Å²) < 4.78 is 0. The topological polar surface area (TPSA) is 46.2 Å². The van der Waals surface area contributed by atoms with Gasteiger partial charge in [0.2, 0.25) is 0 Å². The van der Waals surface area contributed by atoms with Crippen LogP contribution < -0.4 is 5.32 Å². The van der Waals surface area contributed by atoms with Gasteiger partial charge in [0.05, 0.1) is 5.57 Å². The van der Waals surface area contributed by atoms with Crippen LogP contribution in [-0.4, -0.2) is 18.2 Å². The van der Waals surface area contributed by atoms with Gasteiger partial charge in [-0.1, -0.05) is 43.7 Å². The van der Waals surface area contributed by atoms with Crippen LogP contribution in [0.1, 0.15) is 32.3 Å². The number of carbonyl (C=O) groups excluding carboxylic acids is 2. The first-order valence-electron chi connectivity index (χ1n) is 6.21. The van der Waals surface area contributed by atoms with Crippen molar-refractivity contribution in [2.75, 3.05) is 6.54 Å². The summed E-state index contributed by atoms with van der Waals surface area (Å²) in [5, 5.41) is 2.76. The van der Waals surface area contributed by atoms with E-state index in [1.165, 1.54) is 6.92 Å². The summed E-state index contributed by atoms with van der Waals surface area (Å²) in [4.78, 5) is 23.4. The molecule has 1 amide bonds. The highest BCUT2D eigenvalue weighted by atomic mass is 16.2. The zero-order chi connectivity index (χ0) is 13.4. The fourth-order valence-electron chi connectivity index (χ4n) is 1.52. The van der Waals surface area contributed by atoms with Gasteiger partial charge in [0.1, 0.15) is 0 Å². The van der Waals surface area contributed by atoms with Gasteiger partial charge in [0.15, 0.2) is 5.78 Å². The van der Waals surface area contributed by atoms with E-state index in [1.807, 2.05) is 30.3 Å². The van der Waals surface area contributed by atoms with Crippen LogP contribution in [-0.2, 0) is 9.59 Å². The van der Waals surface area contributed by atoms with Crippen LogP contribution in [0.15, 0.2) is 35.9 Å². The molecule has 0 heterocycles. The lowest BCUT2D eigenvalue weighted by molar-refractivity contribution is -0.121. The second-order valence-corrected chi connectivity index (χ2v) is 4.13. The Bertz CT molecular complexity index is 435. The van der Waals surface area contributed by atoms with Crippen molar-refractivity contribution in [3.63, 3.8) is 0 Å². The van der Waals surface area contributed by atoms with Crippen LogP contribution in [0.3, 0.4) is 0 Å². The van der Waals surface area contributed by atoms with E-state index in [9.17, 15) is 9.59 Å². The van der Waals surface area contributed by atoms with Crippen LogP contribution in [0.5, 0.6) is 0 Å². The van der Waals surface area contributed by atoms with Crippen LogP contribution in [0.4, 0.5) is 0 Å². The quantitative estimate of drug-likeness (QED) is 0.362. The fourth-order valence-corrected chi connectivity index (χ4v) is 1.52. The maximum atomic E-state index is 11.9. The molecule has 0 aliphatic heterocycles. The number of carbonyl (C=O) groups is 2. The first-order chi connectivity index (χ1) is 8.65. The molecule has 0 spiro atoms. The molecule has 0 saturated carbocycles. The van der Waals surface area contributed by atoms with E-state index < -0.39 is 0 Å². The van der Waals surface area contributed by atoms with Gasteiger partial charge in [-0.25, -0.2) is 0 Å². The Morgan fingerprint density at radius 2 is 1.89 bits per heavy atom. The number of hydrogen-bond acceptors (Lipinski definition) is 2. The van der Waals surface area contributed by atoms with E-state index in [0.717, 1.165) is 18.4 Å². The summed E-state index contributed by atoms with van der Waals surface area (Å²) in [5.74, 6) is -0.507. The standard InChI is InChI=1S/C15H19NO2/c1-3-4-10-16-15(18)14(12(2)17)11-13-8-6-5-7-9-13/h5-9,11H,3-4,10H2,1-2H3,(H,16,18)/b14-11-. The highest BCUT2D eigenvalue weighted by Crippen LogP contribution is 2.07. The number of unbranched alkanes of at least 4 members (excludes halogenated alkanes) is 1. The van der Waals surface area contributed by atoms with Gasteiger partial charge >= 0.3 is 0 Å². The average molecular weight is 245 g/mol. The minimum atomic E-state index is -0.292. The summed E-state index contributed by atoms with van der Waals surface area (Å²) in [5.41, 5.74) is 1.06. The van der Waals surface area contributed by atoms with Gasteiger partial charge in [0, 0.05) is 6.54 Å². The van der Waals surface area contributed by atoms with Crippen molar-refractivity contribution < 1.29 is 9.59 Å². The van der Waals surface area contributed by atoms with Crippen molar-refractivity contribution in [1.82, 2.24) is 5.32 Å². The minimum Gasteiger partial charge on any atom is -0.352 e. The lowest BCUT2D eigenvalue weighted by Crippen LogP contribution is -2.28. The highest BCUT2D eigenvalue weighted by molar-refractivity contribution is 6.21. The van der Waals surface area contributed by atoms with Gasteiger partial charge in [-0.2, -0.15) is 0 Å². The van der Waals surface area contributed by atoms with E-state index in [0.29, 0.717) is 6.54 Å². The average Bonchev–Trinajstić information content (AvgIpc) is 2.37. The van der Waals surface area contributed by atoms with E-state index in [-0.39, 0.29) is 17.3 Å². The number of amides is 1. The summed E-state index contributed by atoms with van der Waals surface area (Å²) in [6, 6.07) is 9.37. The minimum absolute atomic E-state index is 0.206. The van der Waals surface area contributed by atoms with Crippen LogP contribution in [0, 0.1) is 0 Å². The number of hydrogen-bond donors (Lipinski definition) is 1. The SMILES string of the molecule is CCCCNC(=O)/C(=C\c1ccccc1)C(C)=O. The van der Waals surface area contributed by atoms with Gasteiger partial charge in [-0.05, 0) is 25.0 Å². The molecule has 0 aliphatic carbocycles. The second-order valence-electron chi connectivity index (χ2n) is 4.13. The predicted octanol–water partition coefficient (Wildman–Crippen LogP) is 2.58. The third kappa shape index (κ3) is 4.53. The Hall–Kier alpha value is -1.90. The summed E-state index contributed by atoms with van der Waals surface area (Å²) in [6.45, 7) is 4.07. The fraction of sp³-hybridized carbons (Fsp3) is 0.333. The molecule has 3 heteroatoms. The van der Waals surface area contributed by atoms with Crippen molar-refractivity contribution in [3.05, 3.63) is 41.5 Å². The zero-order valence-corrected chi connectivity index (χ0v) is 10.9. The maximum Gasteiger partial charge on any atom is 0.254 e. The maximum absolute atomic E-state index is 11.9. The van der Waals surface area contributed by atoms with Crippen molar-refractivity contribution in [3.8, 4) is 0 Å². The zero-order valence-electron chi connectivity index (χ0n) is 10.9. The monoisotopic (exact) mass is 245 g/mol. The molecule has 1 rings (SSSR count). The molecule has 96 valence electrons. The summed E-state index contributed by atoms with van der Waals surface area (Å²) in [6.07, 6.45) is 3.56. The smallest absolute Gasteiger partial charge is 0.254 e. The van der Waals surface area contributed by atoms with Crippen LogP contribution in [0.25, 0.3) is 6.08 Å². The van der Waals surface area contributed by atoms with E-state index >= 15 is 0 Å². The second kappa shape index (κ2) is 7.43. The highest BCUT2D eigenvalue weighted by Gasteiger charge is 2.13. The van der Waals surface area contributed by atoms with Gasteiger partial charge in [-0.15, -0.1) is 0 Å². The molecule has 18 heavy (non-hydrogen) atoms. The number of rotatable bonds is 6. The van der Waals surface area contributed by atoms with Crippen molar-refractivity contribution in [1.29, 1.82) is 0 Å². The molecular formula is C15H19NO2. The molecule has 0 atom stereocenters. The molecule has 0 bridgehead atoms. The molecule has 0 aliphatic rings. The summed E-state index contributed by atoms with van der Waals surface area (Å²) >= 11 is 0. The number of ketones is 1. The number of Topliss-reactive ketones (excluding diaryl/α,β-unsaturated/α-hetero) is 1. The Kier molecular flexibility index (Phi) is 5.85. The Balaban J connectivity index is 2.80. The molecule has 0 unspecified atom stereocenters. The van der Waals surface area contributed by atoms with E-state index in [2.05, 4.69) is 12.2 Å². The van der Waals surface area contributed by atoms with E-state index in [1.54, 1.807) is 6.08 Å². The van der Waals surface area contributed by atoms with Gasteiger partial charge < -0.3 is 5.32 Å².